The standard InChI is InChI=1S/C19H21FN6O3.C17H18FN5O2.C3H5ClO/c1-21-18(28)24-8-6-19(29,7-9-24)11-25-12-22-16-15(17(25)27)10-23-26(16)14-4-2-13(20)3-5-14;18-12-1-3-13(4-2-12)23-15-14(9-21-23)16(24)22(11-20-15)10-17(25)5-7-19-8-6-17;1-2-3(4)5/h2-5,10,12,29H,6-9,11H2,1H3,(H,21,28);1-4,9,11,19,25H,5-8,10H2;2H2,1H3. The van der Waals surface area contributed by atoms with Crippen LogP contribution in [0.2, 0.25) is 0 Å². The lowest BCUT2D eigenvalue weighted by molar-refractivity contribution is -0.111. The quantitative estimate of drug-likeness (QED) is 0.172. The van der Waals surface area contributed by atoms with Gasteiger partial charge >= 0.3 is 6.03 Å². The van der Waals surface area contributed by atoms with E-state index in [0.29, 0.717) is 78.6 Å². The van der Waals surface area contributed by atoms with Gasteiger partial charge in [-0.1, -0.05) is 6.92 Å². The number of amides is 2. The maximum absolute atomic E-state index is 13.2. The molecule has 2 amide bonds. The first-order chi connectivity index (χ1) is 28.2. The van der Waals surface area contributed by atoms with Crippen LogP contribution in [-0.2, 0) is 17.9 Å². The summed E-state index contributed by atoms with van der Waals surface area (Å²) < 4.78 is 32.0. The van der Waals surface area contributed by atoms with Crippen molar-refractivity contribution in [3.8, 4) is 11.4 Å². The fourth-order valence-electron chi connectivity index (χ4n) is 6.79. The van der Waals surface area contributed by atoms with Crippen molar-refractivity contribution in [1.29, 1.82) is 0 Å². The maximum atomic E-state index is 13.2. The van der Waals surface area contributed by atoms with E-state index in [4.69, 9.17) is 11.6 Å². The van der Waals surface area contributed by atoms with Gasteiger partial charge in [-0.3, -0.25) is 23.5 Å². The Morgan fingerprint density at radius 1 is 0.763 bits per heavy atom. The number of carbonyl (C=O) groups is 2. The molecule has 20 heteroatoms. The van der Waals surface area contributed by atoms with Crippen molar-refractivity contribution >= 4 is 44.9 Å². The minimum atomic E-state index is -1.10. The molecule has 0 radical (unpaired) electrons. The summed E-state index contributed by atoms with van der Waals surface area (Å²) in [5, 5.41) is 36.1. The summed E-state index contributed by atoms with van der Waals surface area (Å²) >= 11 is 4.82. The van der Waals surface area contributed by atoms with Crippen LogP contribution < -0.4 is 21.8 Å². The van der Waals surface area contributed by atoms with E-state index >= 15 is 0 Å². The first kappa shape index (κ1) is 42.7. The Morgan fingerprint density at radius 2 is 1.17 bits per heavy atom. The lowest BCUT2D eigenvalue weighted by Gasteiger charge is -2.38. The first-order valence-electron chi connectivity index (χ1n) is 18.9. The van der Waals surface area contributed by atoms with E-state index in [1.807, 2.05) is 0 Å². The van der Waals surface area contributed by atoms with Crippen molar-refractivity contribution in [2.75, 3.05) is 33.2 Å². The second kappa shape index (κ2) is 18.4. The second-order valence-corrected chi connectivity index (χ2v) is 14.8. The number of halogens is 3. The summed E-state index contributed by atoms with van der Waals surface area (Å²) in [7, 11) is 1.57. The zero-order chi connectivity index (χ0) is 42.3. The predicted octanol–water partition coefficient (Wildman–Crippen LogP) is 2.89. The number of urea groups is 1. The maximum Gasteiger partial charge on any atom is 0.317 e. The van der Waals surface area contributed by atoms with Gasteiger partial charge in [-0.15, -0.1) is 0 Å². The van der Waals surface area contributed by atoms with Crippen LogP contribution in [0, 0.1) is 11.6 Å². The van der Waals surface area contributed by atoms with Gasteiger partial charge in [-0.25, -0.2) is 32.9 Å². The molecule has 8 rings (SSSR count). The van der Waals surface area contributed by atoms with E-state index < -0.39 is 11.2 Å². The predicted molar refractivity (Wildman–Crippen MR) is 215 cm³/mol. The minimum absolute atomic E-state index is 0.0814. The van der Waals surface area contributed by atoms with E-state index in [0.717, 1.165) is 13.1 Å². The van der Waals surface area contributed by atoms with Crippen LogP contribution in [0.15, 0.2) is 83.2 Å². The number of hydrogen-bond donors (Lipinski definition) is 4. The minimum Gasteiger partial charge on any atom is -0.388 e. The zero-order valence-corrected chi connectivity index (χ0v) is 33.1. The van der Waals surface area contributed by atoms with Crippen molar-refractivity contribution in [1.82, 2.24) is 54.2 Å². The number of carbonyl (C=O) groups excluding carboxylic acids is 2. The Balaban J connectivity index is 0.000000180. The Morgan fingerprint density at radius 3 is 1.56 bits per heavy atom. The second-order valence-electron chi connectivity index (χ2n) is 14.3. The van der Waals surface area contributed by atoms with Gasteiger partial charge in [-0.2, -0.15) is 10.2 Å². The average molecular weight is 836 g/mol. The molecule has 0 unspecified atom stereocenters. The highest BCUT2D eigenvalue weighted by atomic mass is 35.5. The lowest BCUT2D eigenvalue weighted by atomic mass is 9.91. The van der Waals surface area contributed by atoms with Gasteiger partial charge in [0.15, 0.2) is 11.3 Å². The number of piperidine rings is 2. The number of likely N-dealkylation sites (tertiary alicyclic amines) is 1. The summed E-state index contributed by atoms with van der Waals surface area (Å²) in [6.45, 7) is 4.27. The molecular formula is C39H44ClF2N11O6. The number of fused-ring (bicyclic) bond motifs is 2. The highest BCUT2D eigenvalue weighted by Gasteiger charge is 2.35. The van der Waals surface area contributed by atoms with Gasteiger partial charge in [0.2, 0.25) is 5.24 Å². The lowest BCUT2D eigenvalue weighted by Crippen LogP contribution is -2.51. The smallest absolute Gasteiger partial charge is 0.317 e. The van der Waals surface area contributed by atoms with Gasteiger partial charge in [0.05, 0.1) is 48.1 Å². The van der Waals surface area contributed by atoms with Gasteiger partial charge in [0.25, 0.3) is 11.1 Å². The molecular weight excluding hydrogens is 792 g/mol. The number of rotatable bonds is 7. The van der Waals surface area contributed by atoms with Crippen LogP contribution in [0.4, 0.5) is 13.6 Å². The third kappa shape index (κ3) is 10.0. The highest BCUT2D eigenvalue weighted by molar-refractivity contribution is 6.63. The van der Waals surface area contributed by atoms with Gasteiger partial charge in [0, 0.05) is 26.6 Å². The Kier molecular flexibility index (Phi) is 13.3. The summed E-state index contributed by atoms with van der Waals surface area (Å²) in [6.07, 6.45) is 8.03. The van der Waals surface area contributed by atoms with Crippen molar-refractivity contribution in [3.63, 3.8) is 0 Å². The van der Waals surface area contributed by atoms with Crippen molar-refractivity contribution in [3.05, 3.63) is 106 Å². The van der Waals surface area contributed by atoms with E-state index in [-0.39, 0.29) is 47.1 Å². The van der Waals surface area contributed by atoms with Crippen molar-refractivity contribution in [2.24, 2.45) is 0 Å². The number of aromatic nitrogens is 8. The Labute approximate surface area is 340 Å². The highest BCUT2D eigenvalue weighted by Crippen LogP contribution is 2.25. The van der Waals surface area contributed by atoms with Crippen molar-refractivity contribution < 1.29 is 28.6 Å². The van der Waals surface area contributed by atoms with Crippen LogP contribution >= 0.6 is 11.6 Å². The molecule has 312 valence electrons. The fourth-order valence-corrected chi connectivity index (χ4v) is 6.79. The topological polar surface area (TPSA) is 207 Å². The summed E-state index contributed by atoms with van der Waals surface area (Å²) in [5.41, 5.74) is -0.585. The molecule has 59 heavy (non-hydrogen) atoms. The third-order valence-electron chi connectivity index (χ3n) is 10.2. The van der Waals surface area contributed by atoms with Crippen LogP contribution in [0.1, 0.15) is 39.0 Å². The largest absolute Gasteiger partial charge is 0.388 e. The van der Waals surface area contributed by atoms with E-state index in [1.165, 1.54) is 67.8 Å². The molecule has 4 aromatic heterocycles. The number of nitrogens with zero attached hydrogens (tertiary/aromatic N) is 9. The van der Waals surface area contributed by atoms with Crippen molar-refractivity contribution in [2.45, 2.75) is 63.3 Å². The van der Waals surface area contributed by atoms with Crippen LogP contribution in [-0.4, -0.2) is 109 Å². The molecule has 2 saturated heterocycles. The van der Waals surface area contributed by atoms with Crippen LogP contribution in [0.25, 0.3) is 33.4 Å². The number of hydrogen-bond acceptors (Lipinski definition) is 11. The molecule has 6 aromatic rings. The summed E-state index contributed by atoms with van der Waals surface area (Å²) in [4.78, 5) is 57.2. The Hall–Kier alpha value is -5.89. The van der Waals surface area contributed by atoms with Gasteiger partial charge in [-0.05, 0) is 98.9 Å². The van der Waals surface area contributed by atoms with E-state index in [2.05, 4.69) is 30.8 Å². The fraction of sp³-hybridized carbons (Fsp3) is 0.385. The van der Waals surface area contributed by atoms with Gasteiger partial charge < -0.3 is 25.7 Å². The molecule has 0 aliphatic carbocycles. The molecule has 0 saturated carbocycles. The first-order valence-corrected chi connectivity index (χ1v) is 19.3. The van der Waals surface area contributed by atoms with E-state index in [1.54, 1.807) is 43.1 Å². The van der Waals surface area contributed by atoms with Crippen LogP contribution in [0.5, 0.6) is 0 Å². The average Bonchev–Trinajstić information content (AvgIpc) is 3.87. The molecule has 2 aliphatic rings. The number of benzene rings is 2. The third-order valence-corrected chi connectivity index (χ3v) is 10.5. The molecule has 17 nitrogen and oxygen atoms in total. The monoisotopic (exact) mass is 835 g/mol. The number of aliphatic hydroxyl groups is 2. The molecule has 2 aliphatic heterocycles. The molecule has 0 atom stereocenters. The summed E-state index contributed by atoms with van der Waals surface area (Å²) in [5.74, 6) is -0.707. The molecule has 0 bridgehead atoms. The van der Waals surface area contributed by atoms with Gasteiger partial charge in [0.1, 0.15) is 35.1 Å². The van der Waals surface area contributed by atoms with E-state index in [9.17, 15) is 38.2 Å². The van der Waals surface area contributed by atoms with Crippen LogP contribution in [0.3, 0.4) is 0 Å². The molecule has 0 spiro atoms. The molecule has 6 heterocycles. The normalized spacial score (nSPS) is 15.8. The number of nitrogens with one attached hydrogen (secondary N) is 2. The molecule has 4 N–H and O–H groups in total. The summed E-state index contributed by atoms with van der Waals surface area (Å²) in [6, 6.07) is 11.4. The molecule has 2 fully saturated rings. The Bertz CT molecular complexity index is 2530. The molecule has 2 aromatic carbocycles. The SMILES string of the molecule is CCC(=O)Cl.CNC(=O)N1CCC(O)(Cn2cnc3c(cnn3-c3ccc(F)cc3)c2=O)CC1.O=c1c2cnn(-c3ccc(F)cc3)c2ncn1CC1(O)CCNCC1. The zero-order valence-electron chi connectivity index (χ0n) is 32.4.